The molecule has 0 aliphatic carbocycles. The number of ether oxygens (including phenoxy) is 1. The Labute approximate surface area is 174 Å². The summed E-state index contributed by atoms with van der Waals surface area (Å²) in [7, 11) is 1.30. The molecular formula is C21H22ClN3O4. The highest BCUT2D eigenvalue weighted by molar-refractivity contribution is 6.30. The molecule has 3 rings (SSSR count). The second-order valence-corrected chi connectivity index (χ2v) is 7.22. The third-order valence-corrected chi connectivity index (χ3v) is 5.07. The second kappa shape index (κ2) is 9.52. The van der Waals surface area contributed by atoms with Crippen molar-refractivity contribution in [1.82, 2.24) is 15.2 Å². The summed E-state index contributed by atoms with van der Waals surface area (Å²) in [5.74, 6) is -1.24. The van der Waals surface area contributed by atoms with E-state index < -0.39 is 24.0 Å². The quantitative estimate of drug-likeness (QED) is 0.731. The summed E-state index contributed by atoms with van der Waals surface area (Å²) in [5, 5.41) is 3.31. The summed E-state index contributed by atoms with van der Waals surface area (Å²) in [4.78, 5) is 43.5. The minimum Gasteiger partial charge on any atom is -0.467 e. The van der Waals surface area contributed by atoms with Crippen molar-refractivity contribution in [2.75, 3.05) is 13.7 Å². The molecule has 1 aliphatic rings. The van der Waals surface area contributed by atoms with Gasteiger partial charge in [0, 0.05) is 24.2 Å². The minimum absolute atomic E-state index is 0.210. The first-order chi connectivity index (χ1) is 14.0. The Morgan fingerprint density at radius 3 is 2.79 bits per heavy atom. The molecule has 2 aromatic rings. The van der Waals surface area contributed by atoms with Gasteiger partial charge in [-0.1, -0.05) is 29.8 Å². The zero-order chi connectivity index (χ0) is 20.8. The van der Waals surface area contributed by atoms with Gasteiger partial charge in [0.05, 0.1) is 7.11 Å². The molecule has 29 heavy (non-hydrogen) atoms. The van der Waals surface area contributed by atoms with E-state index in [-0.39, 0.29) is 18.0 Å². The van der Waals surface area contributed by atoms with E-state index in [4.69, 9.17) is 16.3 Å². The van der Waals surface area contributed by atoms with Gasteiger partial charge < -0.3 is 15.0 Å². The number of hydrogen-bond acceptors (Lipinski definition) is 5. The zero-order valence-corrected chi connectivity index (χ0v) is 16.8. The van der Waals surface area contributed by atoms with Crippen molar-refractivity contribution in [1.29, 1.82) is 0 Å². The number of carbonyl (C=O) groups is 3. The molecular weight excluding hydrogens is 394 g/mol. The van der Waals surface area contributed by atoms with Crippen molar-refractivity contribution in [3.05, 3.63) is 64.9 Å². The Morgan fingerprint density at radius 1 is 1.28 bits per heavy atom. The van der Waals surface area contributed by atoms with E-state index >= 15 is 0 Å². The second-order valence-electron chi connectivity index (χ2n) is 6.79. The van der Waals surface area contributed by atoms with E-state index in [1.807, 2.05) is 6.07 Å². The van der Waals surface area contributed by atoms with Crippen LogP contribution in [0.4, 0.5) is 0 Å². The summed E-state index contributed by atoms with van der Waals surface area (Å²) in [6.45, 7) is 0.435. The Bertz CT molecular complexity index is 891. The Hall–Kier alpha value is -2.93. The van der Waals surface area contributed by atoms with Gasteiger partial charge in [-0.2, -0.15) is 0 Å². The fourth-order valence-electron chi connectivity index (χ4n) is 3.44. The molecule has 1 aromatic carbocycles. The summed E-state index contributed by atoms with van der Waals surface area (Å²) < 4.78 is 4.83. The molecule has 152 valence electrons. The summed E-state index contributed by atoms with van der Waals surface area (Å²) in [6, 6.07) is 10.6. The van der Waals surface area contributed by atoms with Crippen LogP contribution in [-0.2, 0) is 20.7 Å². The maximum Gasteiger partial charge on any atom is 0.328 e. The molecule has 1 N–H and O–H groups in total. The molecule has 8 heteroatoms. The Morgan fingerprint density at radius 2 is 2.10 bits per heavy atom. The number of nitrogens with zero attached hydrogens (tertiary/aromatic N) is 2. The van der Waals surface area contributed by atoms with Gasteiger partial charge in [0.25, 0.3) is 5.91 Å². The number of pyridine rings is 1. The maximum atomic E-state index is 13.3. The average Bonchev–Trinajstić information content (AvgIpc) is 3.22. The summed E-state index contributed by atoms with van der Waals surface area (Å²) in [6.07, 6.45) is 2.99. The molecule has 1 fully saturated rings. The van der Waals surface area contributed by atoms with E-state index in [9.17, 15) is 14.4 Å². The first kappa shape index (κ1) is 20.8. The third-order valence-electron chi connectivity index (χ3n) is 4.84. The number of rotatable bonds is 6. The monoisotopic (exact) mass is 415 g/mol. The molecule has 2 unspecified atom stereocenters. The Balaban J connectivity index is 1.84. The average molecular weight is 416 g/mol. The minimum atomic E-state index is -0.867. The normalized spacial score (nSPS) is 16.9. The lowest BCUT2D eigenvalue weighted by molar-refractivity contribution is -0.151. The van der Waals surface area contributed by atoms with Gasteiger partial charge >= 0.3 is 5.97 Å². The highest BCUT2D eigenvalue weighted by Gasteiger charge is 2.38. The smallest absolute Gasteiger partial charge is 0.328 e. The van der Waals surface area contributed by atoms with Gasteiger partial charge in [0.1, 0.15) is 17.8 Å². The molecule has 2 heterocycles. The lowest BCUT2D eigenvalue weighted by atomic mass is 10.0. The molecule has 1 aliphatic heterocycles. The van der Waals surface area contributed by atoms with Crippen LogP contribution in [-0.4, -0.2) is 53.4 Å². The van der Waals surface area contributed by atoms with E-state index in [1.54, 1.807) is 36.4 Å². The first-order valence-corrected chi connectivity index (χ1v) is 9.72. The fraction of sp³-hybridized carbons (Fsp3) is 0.333. The van der Waals surface area contributed by atoms with Crippen LogP contribution in [0.2, 0.25) is 5.02 Å². The van der Waals surface area contributed by atoms with Gasteiger partial charge in [-0.3, -0.25) is 14.6 Å². The van der Waals surface area contributed by atoms with Gasteiger partial charge in [-0.15, -0.1) is 0 Å². The highest BCUT2D eigenvalue weighted by atomic mass is 35.5. The van der Waals surface area contributed by atoms with Crippen LogP contribution >= 0.6 is 11.6 Å². The van der Waals surface area contributed by atoms with Crippen LogP contribution in [0.3, 0.4) is 0 Å². The number of esters is 1. The van der Waals surface area contributed by atoms with Gasteiger partial charge in [-0.25, -0.2) is 4.79 Å². The van der Waals surface area contributed by atoms with Crippen molar-refractivity contribution in [2.24, 2.45) is 0 Å². The first-order valence-electron chi connectivity index (χ1n) is 9.34. The standard InChI is InChI=1S/C21H22ClN3O4/c1-29-21(28)18-9-5-11-25(18)20(27)17(13-14-6-4-7-15(22)12-14)24-19(26)16-8-2-3-10-23-16/h2-4,6-8,10,12,17-18H,5,9,11,13H2,1H3,(H,24,26). The molecule has 2 amide bonds. The number of likely N-dealkylation sites (tertiary alicyclic amines) is 1. The van der Waals surface area contributed by atoms with Crippen molar-refractivity contribution >= 4 is 29.4 Å². The lowest BCUT2D eigenvalue weighted by Gasteiger charge is -2.28. The predicted octanol–water partition coefficient (Wildman–Crippen LogP) is 2.24. The van der Waals surface area contributed by atoms with Crippen LogP contribution in [0.1, 0.15) is 28.9 Å². The molecule has 0 bridgehead atoms. The SMILES string of the molecule is COC(=O)C1CCCN1C(=O)C(Cc1cccc(Cl)c1)NC(=O)c1ccccn1. The van der Waals surface area contributed by atoms with E-state index in [2.05, 4.69) is 10.3 Å². The van der Waals surface area contributed by atoms with Gasteiger partial charge in [-0.05, 0) is 42.7 Å². The molecule has 0 radical (unpaired) electrons. The van der Waals surface area contributed by atoms with Crippen molar-refractivity contribution in [3.8, 4) is 0 Å². The lowest BCUT2D eigenvalue weighted by Crippen LogP contribution is -2.52. The Kier molecular flexibility index (Phi) is 6.82. The number of amides is 2. The van der Waals surface area contributed by atoms with E-state index in [1.165, 1.54) is 18.2 Å². The van der Waals surface area contributed by atoms with Crippen LogP contribution in [0.15, 0.2) is 48.7 Å². The van der Waals surface area contributed by atoms with E-state index in [0.717, 1.165) is 5.56 Å². The zero-order valence-electron chi connectivity index (χ0n) is 16.0. The fourth-order valence-corrected chi connectivity index (χ4v) is 3.65. The number of nitrogens with one attached hydrogen (secondary N) is 1. The maximum absolute atomic E-state index is 13.3. The molecule has 0 saturated carbocycles. The third kappa shape index (κ3) is 5.12. The van der Waals surface area contributed by atoms with Crippen LogP contribution in [0.25, 0.3) is 0 Å². The molecule has 0 spiro atoms. The predicted molar refractivity (Wildman–Crippen MR) is 107 cm³/mol. The van der Waals surface area contributed by atoms with Crippen molar-refractivity contribution in [3.63, 3.8) is 0 Å². The van der Waals surface area contributed by atoms with E-state index in [0.29, 0.717) is 24.4 Å². The summed E-state index contributed by atoms with van der Waals surface area (Å²) in [5.41, 5.74) is 1.01. The molecule has 1 aromatic heterocycles. The summed E-state index contributed by atoms with van der Waals surface area (Å²) >= 11 is 6.07. The number of carbonyl (C=O) groups excluding carboxylic acids is 3. The number of benzene rings is 1. The molecule has 1 saturated heterocycles. The van der Waals surface area contributed by atoms with Crippen molar-refractivity contribution < 1.29 is 19.1 Å². The number of aromatic nitrogens is 1. The van der Waals surface area contributed by atoms with Gasteiger partial charge in [0.15, 0.2) is 0 Å². The van der Waals surface area contributed by atoms with Crippen molar-refractivity contribution in [2.45, 2.75) is 31.3 Å². The van der Waals surface area contributed by atoms with Crippen LogP contribution in [0.5, 0.6) is 0 Å². The number of halogens is 1. The topological polar surface area (TPSA) is 88.6 Å². The van der Waals surface area contributed by atoms with Crippen LogP contribution < -0.4 is 5.32 Å². The van der Waals surface area contributed by atoms with Gasteiger partial charge in [0.2, 0.25) is 5.91 Å². The highest BCUT2D eigenvalue weighted by Crippen LogP contribution is 2.21. The number of hydrogen-bond donors (Lipinski definition) is 1. The molecule has 7 nitrogen and oxygen atoms in total. The largest absolute Gasteiger partial charge is 0.467 e. The number of methoxy groups -OCH3 is 1. The molecule has 2 atom stereocenters. The van der Waals surface area contributed by atoms with Crippen LogP contribution in [0, 0.1) is 0 Å².